The molecule has 0 saturated carbocycles. The van der Waals surface area contributed by atoms with Gasteiger partial charge in [0.15, 0.2) is 11.5 Å². The van der Waals surface area contributed by atoms with Crippen molar-refractivity contribution in [3.63, 3.8) is 0 Å². The number of aliphatic carboxylic acids is 1. The Morgan fingerprint density at radius 2 is 1.81 bits per heavy atom. The highest BCUT2D eigenvalue weighted by Gasteiger charge is 2.34. The molecular weight excluding hydrogens is 491 g/mol. The lowest BCUT2D eigenvalue weighted by atomic mass is 10.0. The first kappa shape index (κ1) is 25.2. The fourth-order valence-electron chi connectivity index (χ4n) is 3.39. The number of hydrogen-bond acceptors (Lipinski definition) is 7. The van der Waals surface area contributed by atoms with Gasteiger partial charge in [-0.25, -0.2) is 14.5 Å². The van der Waals surface area contributed by atoms with Crippen molar-refractivity contribution in [3.05, 3.63) is 78.3 Å². The minimum atomic E-state index is -4.64. The molecular formula is C25H20F3N5O4. The van der Waals surface area contributed by atoms with Crippen molar-refractivity contribution in [1.82, 2.24) is 19.7 Å². The van der Waals surface area contributed by atoms with Crippen LogP contribution in [0.25, 0.3) is 23.0 Å². The summed E-state index contributed by atoms with van der Waals surface area (Å²) in [6, 6.07) is 12.6. The van der Waals surface area contributed by atoms with E-state index in [1.165, 1.54) is 26.5 Å². The number of nitrogens with one attached hydrogen (secondary N) is 1. The van der Waals surface area contributed by atoms with Gasteiger partial charge in [0.25, 0.3) is 0 Å². The highest BCUT2D eigenvalue weighted by Crippen LogP contribution is 2.32. The van der Waals surface area contributed by atoms with Gasteiger partial charge >= 0.3 is 12.1 Å². The van der Waals surface area contributed by atoms with Gasteiger partial charge in [0.1, 0.15) is 11.5 Å². The van der Waals surface area contributed by atoms with E-state index < -0.39 is 17.8 Å². The molecule has 37 heavy (non-hydrogen) atoms. The molecule has 12 heteroatoms. The van der Waals surface area contributed by atoms with Gasteiger partial charge in [0.2, 0.25) is 5.95 Å². The molecule has 0 atom stereocenters. The maximum absolute atomic E-state index is 13.3. The first-order valence-electron chi connectivity index (χ1n) is 10.7. The Kier molecular flexibility index (Phi) is 7.09. The summed E-state index contributed by atoms with van der Waals surface area (Å²) in [6.07, 6.45) is 0.333. The van der Waals surface area contributed by atoms with Crippen LogP contribution in [0.3, 0.4) is 0 Å². The molecule has 0 bridgehead atoms. The number of ether oxygens (including phenoxy) is 2. The van der Waals surface area contributed by atoms with E-state index in [1.807, 2.05) is 0 Å². The van der Waals surface area contributed by atoms with Gasteiger partial charge < -0.3 is 19.9 Å². The Bertz CT molecular complexity index is 1440. The number of nitrogens with zero attached hydrogens (tertiary/aromatic N) is 4. The quantitative estimate of drug-likeness (QED) is 0.310. The number of methoxy groups -OCH3 is 2. The van der Waals surface area contributed by atoms with Crippen molar-refractivity contribution < 1.29 is 32.5 Å². The second kappa shape index (κ2) is 10.4. The topological polar surface area (TPSA) is 111 Å². The summed E-state index contributed by atoms with van der Waals surface area (Å²) in [5, 5.41) is 15.6. The molecule has 2 aromatic heterocycles. The zero-order valence-corrected chi connectivity index (χ0v) is 19.5. The van der Waals surface area contributed by atoms with Crippen LogP contribution < -0.4 is 14.8 Å². The molecule has 190 valence electrons. The Labute approximate surface area is 208 Å². The minimum absolute atomic E-state index is 0.0715. The summed E-state index contributed by atoms with van der Waals surface area (Å²) in [4.78, 5) is 19.7. The van der Waals surface area contributed by atoms with Gasteiger partial charge in [-0.1, -0.05) is 18.2 Å². The average molecular weight is 511 g/mol. The van der Waals surface area contributed by atoms with Crippen LogP contribution in [0.4, 0.5) is 24.8 Å². The molecule has 9 nitrogen and oxygen atoms in total. The first-order valence-corrected chi connectivity index (χ1v) is 10.7. The molecule has 2 aromatic carbocycles. The van der Waals surface area contributed by atoms with Crippen LogP contribution in [0.5, 0.6) is 11.5 Å². The molecule has 0 aliphatic heterocycles. The molecule has 0 aliphatic rings. The third-order valence-electron chi connectivity index (χ3n) is 5.09. The summed E-state index contributed by atoms with van der Waals surface area (Å²) in [7, 11) is 3.00. The summed E-state index contributed by atoms with van der Waals surface area (Å²) >= 11 is 0. The molecule has 4 aromatic rings. The van der Waals surface area contributed by atoms with Gasteiger partial charge in [-0.05, 0) is 29.3 Å². The predicted molar refractivity (Wildman–Crippen MR) is 129 cm³/mol. The highest BCUT2D eigenvalue weighted by molar-refractivity contribution is 5.86. The Morgan fingerprint density at radius 1 is 1.08 bits per heavy atom. The Balaban J connectivity index is 1.80. The van der Waals surface area contributed by atoms with Crippen LogP contribution in [0.1, 0.15) is 11.3 Å². The van der Waals surface area contributed by atoms with Crippen molar-refractivity contribution in [2.45, 2.75) is 6.18 Å². The van der Waals surface area contributed by atoms with E-state index >= 15 is 0 Å². The molecule has 0 radical (unpaired) electrons. The lowest BCUT2D eigenvalue weighted by molar-refractivity contribution is -0.141. The van der Waals surface area contributed by atoms with Gasteiger partial charge in [-0.2, -0.15) is 23.3 Å². The van der Waals surface area contributed by atoms with Crippen LogP contribution in [0, 0.1) is 0 Å². The van der Waals surface area contributed by atoms with Crippen molar-refractivity contribution >= 4 is 23.7 Å². The third-order valence-corrected chi connectivity index (χ3v) is 5.09. The molecule has 0 saturated heterocycles. The summed E-state index contributed by atoms with van der Waals surface area (Å²) in [5.41, 5.74) is 0.916. The third kappa shape index (κ3) is 6.04. The zero-order valence-electron chi connectivity index (χ0n) is 19.5. The number of hydrogen-bond donors (Lipinski definition) is 2. The second-order valence-electron chi connectivity index (χ2n) is 7.60. The van der Waals surface area contributed by atoms with Crippen molar-refractivity contribution in [3.8, 4) is 28.4 Å². The summed E-state index contributed by atoms with van der Waals surface area (Å²) < 4.78 is 51.3. The zero-order chi connectivity index (χ0) is 26.6. The van der Waals surface area contributed by atoms with Crippen molar-refractivity contribution in [2.24, 2.45) is 0 Å². The first-order chi connectivity index (χ1) is 17.7. The van der Waals surface area contributed by atoms with Crippen LogP contribution in [0.15, 0.2) is 67.0 Å². The van der Waals surface area contributed by atoms with Gasteiger partial charge in [0.05, 0.1) is 14.2 Å². The van der Waals surface area contributed by atoms with Gasteiger partial charge in [0, 0.05) is 47.9 Å². The molecule has 0 aliphatic carbocycles. The lowest BCUT2D eigenvalue weighted by Crippen LogP contribution is -2.10. The second-order valence-corrected chi connectivity index (χ2v) is 7.60. The van der Waals surface area contributed by atoms with E-state index in [4.69, 9.17) is 14.6 Å². The Morgan fingerprint density at radius 3 is 2.43 bits per heavy atom. The molecule has 0 fully saturated rings. The number of anilines is 2. The van der Waals surface area contributed by atoms with E-state index in [0.29, 0.717) is 33.9 Å². The Hall–Kier alpha value is -4.87. The van der Waals surface area contributed by atoms with E-state index in [9.17, 15) is 18.0 Å². The molecule has 0 amide bonds. The van der Waals surface area contributed by atoms with Gasteiger partial charge in [-0.3, -0.25) is 0 Å². The molecule has 2 heterocycles. The molecule has 0 unspecified atom stereocenters. The average Bonchev–Trinajstić information content (AvgIpc) is 3.38. The van der Waals surface area contributed by atoms with E-state index in [0.717, 1.165) is 23.0 Å². The van der Waals surface area contributed by atoms with Crippen molar-refractivity contribution in [2.75, 3.05) is 19.5 Å². The normalized spacial score (nSPS) is 11.5. The minimum Gasteiger partial charge on any atom is -0.497 e. The number of carboxylic acids is 1. The summed E-state index contributed by atoms with van der Waals surface area (Å²) in [5.74, 6) is 0.0520. The number of halogens is 3. The fourth-order valence-corrected chi connectivity index (χ4v) is 3.39. The number of carbonyl (C=O) groups is 1. The van der Waals surface area contributed by atoms with Crippen LogP contribution in [-0.2, 0) is 11.0 Å². The maximum atomic E-state index is 13.3. The highest BCUT2D eigenvalue weighted by atomic mass is 19.4. The molecule has 2 N–H and O–H groups in total. The van der Waals surface area contributed by atoms with E-state index in [2.05, 4.69) is 20.4 Å². The monoisotopic (exact) mass is 511 g/mol. The van der Waals surface area contributed by atoms with Crippen molar-refractivity contribution in [1.29, 1.82) is 0 Å². The standard InChI is InChI=1S/C25H20F3N5O4/c1-36-18-11-17(12-19(13-18)37-2)30-24-29-14-20(16-5-3-4-15(10-16)6-7-22(34)35)23(31-24)33-9-8-21(32-33)25(26,27)28/h3-14H,1-2H3,(H,34,35)(H,29,30,31)/b7-6+. The number of alkyl halides is 3. The predicted octanol–water partition coefficient (Wildman–Crippen LogP) is 5.21. The number of benzene rings is 2. The van der Waals surface area contributed by atoms with Crippen LogP contribution in [0.2, 0.25) is 0 Å². The number of carboxylic acid groups (broad SMARTS) is 1. The largest absolute Gasteiger partial charge is 0.497 e. The summed E-state index contributed by atoms with van der Waals surface area (Å²) in [6.45, 7) is 0. The van der Waals surface area contributed by atoms with E-state index in [-0.39, 0.29) is 11.8 Å². The smallest absolute Gasteiger partial charge is 0.435 e. The van der Waals surface area contributed by atoms with Gasteiger partial charge in [-0.15, -0.1) is 0 Å². The SMILES string of the molecule is COc1cc(Nc2ncc(-c3cccc(/C=C/C(=O)O)c3)c(-n3ccc(C(F)(F)F)n3)n2)cc(OC)c1. The number of aromatic nitrogens is 4. The molecule has 0 spiro atoms. The lowest BCUT2D eigenvalue weighted by Gasteiger charge is -2.13. The maximum Gasteiger partial charge on any atom is 0.435 e. The number of rotatable bonds is 8. The van der Waals surface area contributed by atoms with E-state index in [1.54, 1.807) is 42.5 Å². The van der Waals surface area contributed by atoms with Crippen LogP contribution in [-0.4, -0.2) is 45.0 Å². The van der Waals surface area contributed by atoms with Crippen LogP contribution >= 0.6 is 0 Å². The fraction of sp³-hybridized carbons (Fsp3) is 0.120. The molecule has 4 rings (SSSR count).